The number of rotatable bonds is 3. The van der Waals surface area contributed by atoms with Gasteiger partial charge in [0.2, 0.25) is 0 Å². The number of ether oxygens (including phenoxy) is 1. The van der Waals surface area contributed by atoms with Gasteiger partial charge in [0.15, 0.2) is 0 Å². The second-order valence-electron chi connectivity index (χ2n) is 5.08. The van der Waals surface area contributed by atoms with E-state index in [9.17, 15) is 0 Å². The zero-order chi connectivity index (χ0) is 14.1. The van der Waals surface area contributed by atoms with Crippen LogP contribution in [-0.4, -0.2) is 6.61 Å². The average molecular weight is 352 g/mol. The van der Waals surface area contributed by atoms with Crippen LogP contribution in [0.15, 0.2) is 34.8 Å². The maximum absolute atomic E-state index is 6.49. The summed E-state index contributed by atoms with van der Waals surface area (Å²) >= 11 is 10.1. The minimum atomic E-state index is 0.725. The number of hydrogen-bond donors (Lipinski definition) is 0. The Morgan fingerprint density at radius 2 is 1.90 bits per heavy atom. The fourth-order valence-corrected chi connectivity index (χ4v) is 3.51. The normalized spacial score (nSPS) is 13.2. The maximum Gasteiger partial charge on any atom is 0.142 e. The van der Waals surface area contributed by atoms with Crippen molar-refractivity contribution < 1.29 is 4.74 Å². The Labute approximate surface area is 133 Å². The first-order chi connectivity index (χ1) is 9.69. The van der Waals surface area contributed by atoms with E-state index in [4.69, 9.17) is 16.3 Å². The molecule has 2 aromatic carbocycles. The van der Waals surface area contributed by atoms with Gasteiger partial charge in [0.25, 0.3) is 0 Å². The predicted octanol–water partition coefficient (Wildman–Crippen LogP) is 5.19. The molecule has 3 heteroatoms. The highest BCUT2D eigenvalue weighted by Crippen LogP contribution is 2.41. The van der Waals surface area contributed by atoms with E-state index < -0.39 is 0 Å². The van der Waals surface area contributed by atoms with Crippen LogP contribution in [-0.2, 0) is 19.3 Å². The molecule has 0 saturated heterocycles. The zero-order valence-electron chi connectivity index (χ0n) is 11.4. The van der Waals surface area contributed by atoms with Crippen molar-refractivity contribution in [1.29, 1.82) is 0 Å². The Morgan fingerprint density at radius 1 is 1.20 bits per heavy atom. The van der Waals surface area contributed by atoms with Gasteiger partial charge in [-0.15, -0.1) is 0 Å². The molecule has 0 bridgehead atoms. The number of benzene rings is 2. The summed E-state index contributed by atoms with van der Waals surface area (Å²) in [6.45, 7) is 2.89. The molecule has 20 heavy (non-hydrogen) atoms. The van der Waals surface area contributed by atoms with Crippen molar-refractivity contribution in [3.8, 4) is 5.75 Å². The molecular formula is C17H16BrClO. The monoisotopic (exact) mass is 350 g/mol. The molecule has 1 aliphatic heterocycles. The molecule has 0 N–H and O–H groups in total. The highest BCUT2D eigenvalue weighted by molar-refractivity contribution is 9.10. The lowest BCUT2D eigenvalue weighted by molar-refractivity contribution is 0.356. The van der Waals surface area contributed by atoms with E-state index in [2.05, 4.69) is 53.2 Å². The summed E-state index contributed by atoms with van der Waals surface area (Å²) in [7, 11) is 0. The van der Waals surface area contributed by atoms with Crippen molar-refractivity contribution in [2.45, 2.75) is 26.2 Å². The zero-order valence-corrected chi connectivity index (χ0v) is 13.7. The van der Waals surface area contributed by atoms with Crippen molar-refractivity contribution >= 4 is 27.5 Å². The van der Waals surface area contributed by atoms with Gasteiger partial charge in [-0.25, -0.2) is 0 Å². The second kappa shape index (κ2) is 5.79. The molecule has 104 valence electrons. The number of hydrogen-bond acceptors (Lipinski definition) is 1. The van der Waals surface area contributed by atoms with Crippen LogP contribution in [0.4, 0.5) is 0 Å². The highest BCUT2D eigenvalue weighted by atomic mass is 79.9. The summed E-state index contributed by atoms with van der Waals surface area (Å²) in [5.41, 5.74) is 4.94. The van der Waals surface area contributed by atoms with Crippen molar-refractivity contribution in [2.75, 3.05) is 6.61 Å². The van der Waals surface area contributed by atoms with Gasteiger partial charge < -0.3 is 4.74 Å². The lowest BCUT2D eigenvalue weighted by Gasteiger charge is -2.11. The molecule has 1 aliphatic rings. The van der Waals surface area contributed by atoms with Crippen LogP contribution in [0.5, 0.6) is 5.75 Å². The molecule has 0 fully saturated rings. The molecule has 0 aliphatic carbocycles. The molecule has 0 atom stereocenters. The van der Waals surface area contributed by atoms with Crippen molar-refractivity contribution in [3.63, 3.8) is 0 Å². The van der Waals surface area contributed by atoms with E-state index >= 15 is 0 Å². The van der Waals surface area contributed by atoms with Crippen LogP contribution in [0.1, 0.15) is 29.2 Å². The number of aryl methyl sites for hydroxylation is 1. The summed E-state index contributed by atoms with van der Waals surface area (Å²) in [5.74, 6) is 0.862. The third-order valence-electron chi connectivity index (χ3n) is 3.77. The average Bonchev–Trinajstić information content (AvgIpc) is 2.95. The van der Waals surface area contributed by atoms with Gasteiger partial charge in [-0.1, -0.05) is 58.7 Å². The van der Waals surface area contributed by atoms with Crippen LogP contribution < -0.4 is 4.74 Å². The number of fused-ring (bicyclic) bond motifs is 1. The second-order valence-corrected chi connectivity index (χ2v) is 6.32. The fraction of sp³-hybridized carbons (Fsp3) is 0.294. The van der Waals surface area contributed by atoms with E-state index in [1.807, 2.05) is 0 Å². The molecule has 1 nitrogen and oxygen atoms in total. The molecule has 0 aromatic heterocycles. The van der Waals surface area contributed by atoms with Crippen LogP contribution in [0.2, 0.25) is 5.02 Å². The lowest BCUT2D eigenvalue weighted by atomic mass is 10.0. The van der Waals surface area contributed by atoms with Gasteiger partial charge in [-0.05, 0) is 35.6 Å². The van der Waals surface area contributed by atoms with Crippen LogP contribution in [0, 0.1) is 0 Å². The smallest absolute Gasteiger partial charge is 0.142 e. The molecule has 2 aromatic rings. The maximum atomic E-state index is 6.49. The Bertz CT molecular complexity index is 634. The fourth-order valence-electron chi connectivity index (χ4n) is 2.57. The van der Waals surface area contributed by atoms with Gasteiger partial charge >= 0.3 is 0 Å². The Kier molecular flexibility index (Phi) is 4.04. The largest absolute Gasteiger partial charge is 0.491 e. The van der Waals surface area contributed by atoms with E-state index in [0.29, 0.717) is 0 Å². The van der Waals surface area contributed by atoms with Gasteiger partial charge in [-0.3, -0.25) is 0 Å². The Hall–Kier alpha value is -0.990. The molecule has 0 amide bonds. The minimum absolute atomic E-state index is 0.725. The Balaban J connectivity index is 1.92. The van der Waals surface area contributed by atoms with Gasteiger partial charge in [0.1, 0.15) is 5.75 Å². The predicted molar refractivity (Wildman–Crippen MR) is 87.0 cm³/mol. The van der Waals surface area contributed by atoms with Crippen LogP contribution >= 0.6 is 27.5 Å². The van der Waals surface area contributed by atoms with Crippen LogP contribution in [0.3, 0.4) is 0 Å². The van der Waals surface area contributed by atoms with Crippen molar-refractivity contribution in [3.05, 3.63) is 62.1 Å². The third-order valence-corrected chi connectivity index (χ3v) is 4.89. The first-order valence-electron chi connectivity index (χ1n) is 6.89. The first kappa shape index (κ1) is 14.0. The van der Waals surface area contributed by atoms with Crippen LogP contribution in [0.25, 0.3) is 0 Å². The molecule has 0 radical (unpaired) electrons. The summed E-state index contributed by atoms with van der Waals surface area (Å²) in [4.78, 5) is 0. The summed E-state index contributed by atoms with van der Waals surface area (Å²) in [6, 6.07) is 10.8. The first-order valence-corrected chi connectivity index (χ1v) is 8.06. The topological polar surface area (TPSA) is 9.23 Å². The van der Waals surface area contributed by atoms with E-state index in [1.165, 1.54) is 16.7 Å². The van der Waals surface area contributed by atoms with E-state index in [1.54, 1.807) is 0 Å². The summed E-state index contributed by atoms with van der Waals surface area (Å²) in [6.07, 6.45) is 2.83. The quantitative estimate of drug-likeness (QED) is 0.739. The SMILES string of the molecule is CCc1ccc(Cc2cc(Br)c3c(c2Cl)OCC3)cc1. The molecule has 0 unspecified atom stereocenters. The van der Waals surface area contributed by atoms with E-state index in [-0.39, 0.29) is 0 Å². The van der Waals surface area contributed by atoms with Gasteiger partial charge in [-0.2, -0.15) is 0 Å². The lowest BCUT2D eigenvalue weighted by Crippen LogP contribution is -1.94. The molecule has 1 heterocycles. The number of halogens is 2. The molecule has 3 rings (SSSR count). The molecule has 0 spiro atoms. The molecule has 0 saturated carbocycles. The highest BCUT2D eigenvalue weighted by Gasteiger charge is 2.21. The third kappa shape index (κ3) is 2.59. The standard InChI is InChI=1S/C17H16BrClO/c1-2-11-3-5-12(6-4-11)9-13-10-15(18)14-7-8-20-17(14)16(13)19/h3-6,10H,2,7-9H2,1H3. The minimum Gasteiger partial charge on any atom is -0.491 e. The van der Waals surface area contributed by atoms with Gasteiger partial charge in [0, 0.05) is 16.5 Å². The summed E-state index contributed by atoms with van der Waals surface area (Å²) in [5, 5.41) is 0.764. The summed E-state index contributed by atoms with van der Waals surface area (Å²) < 4.78 is 6.77. The van der Waals surface area contributed by atoms with Crippen molar-refractivity contribution in [1.82, 2.24) is 0 Å². The Morgan fingerprint density at radius 3 is 2.60 bits per heavy atom. The van der Waals surface area contributed by atoms with Crippen molar-refractivity contribution in [2.24, 2.45) is 0 Å². The molecular weight excluding hydrogens is 336 g/mol. The van der Waals surface area contributed by atoms with Gasteiger partial charge in [0.05, 0.1) is 11.6 Å². The van der Waals surface area contributed by atoms with E-state index in [0.717, 1.165) is 46.7 Å².